The van der Waals surface area contributed by atoms with E-state index in [1.54, 1.807) is 12.5 Å². The first-order chi connectivity index (χ1) is 10.2. The molecule has 0 saturated carbocycles. The summed E-state index contributed by atoms with van der Waals surface area (Å²) in [7, 11) is 0. The number of hydrogen-bond acceptors (Lipinski definition) is 4. The molecule has 0 unspecified atom stereocenters. The number of rotatable bonds is 3. The fraction of sp³-hybridized carbons (Fsp3) is 0.333. The molecule has 1 saturated heterocycles. The Morgan fingerprint density at radius 1 is 1.24 bits per heavy atom. The Hall–Kier alpha value is -1.66. The molecule has 2 aromatic rings. The van der Waals surface area contributed by atoms with Gasteiger partial charge in [0.2, 0.25) is 0 Å². The maximum Gasteiger partial charge on any atom is 0.273 e. The SMILES string of the molecule is O=C(c1ncccc1Br)N1CCN(Cc2ccco2)CC1. The van der Waals surface area contributed by atoms with Crippen LogP contribution in [0.3, 0.4) is 0 Å². The van der Waals surface area contributed by atoms with Gasteiger partial charge >= 0.3 is 0 Å². The fourth-order valence-corrected chi connectivity index (χ4v) is 2.85. The Morgan fingerprint density at radius 3 is 2.71 bits per heavy atom. The number of halogens is 1. The van der Waals surface area contributed by atoms with Crippen LogP contribution in [0.1, 0.15) is 16.2 Å². The minimum atomic E-state index is -0.0138. The van der Waals surface area contributed by atoms with Gasteiger partial charge in [0.25, 0.3) is 5.91 Å². The van der Waals surface area contributed by atoms with E-state index >= 15 is 0 Å². The average molecular weight is 350 g/mol. The van der Waals surface area contributed by atoms with Crippen molar-refractivity contribution < 1.29 is 9.21 Å². The molecule has 0 N–H and O–H groups in total. The van der Waals surface area contributed by atoms with Gasteiger partial charge in [0.05, 0.1) is 12.8 Å². The quantitative estimate of drug-likeness (QED) is 0.853. The van der Waals surface area contributed by atoms with Crippen molar-refractivity contribution in [1.29, 1.82) is 0 Å². The van der Waals surface area contributed by atoms with E-state index in [-0.39, 0.29) is 5.91 Å². The molecule has 1 fully saturated rings. The maximum absolute atomic E-state index is 12.4. The molecule has 0 bridgehead atoms. The van der Waals surface area contributed by atoms with Gasteiger partial charge < -0.3 is 9.32 Å². The van der Waals surface area contributed by atoms with Crippen LogP contribution in [0, 0.1) is 0 Å². The molecule has 0 aliphatic carbocycles. The summed E-state index contributed by atoms with van der Waals surface area (Å²) >= 11 is 3.38. The van der Waals surface area contributed by atoms with E-state index in [2.05, 4.69) is 25.8 Å². The second-order valence-corrected chi connectivity index (χ2v) is 5.84. The fourth-order valence-electron chi connectivity index (χ4n) is 2.42. The van der Waals surface area contributed by atoms with Gasteiger partial charge in [-0.2, -0.15) is 0 Å². The summed E-state index contributed by atoms with van der Waals surface area (Å²) in [4.78, 5) is 20.7. The zero-order chi connectivity index (χ0) is 14.7. The summed E-state index contributed by atoms with van der Waals surface area (Å²) in [5.74, 6) is 0.947. The Morgan fingerprint density at radius 2 is 2.05 bits per heavy atom. The van der Waals surface area contributed by atoms with E-state index in [1.165, 1.54) is 0 Å². The third-order valence-electron chi connectivity index (χ3n) is 3.58. The van der Waals surface area contributed by atoms with Crippen molar-refractivity contribution in [2.75, 3.05) is 26.2 Å². The van der Waals surface area contributed by atoms with E-state index in [0.717, 1.165) is 29.9 Å². The summed E-state index contributed by atoms with van der Waals surface area (Å²) in [6.45, 7) is 3.90. The first kappa shape index (κ1) is 14.3. The smallest absolute Gasteiger partial charge is 0.273 e. The van der Waals surface area contributed by atoms with Crippen LogP contribution in [-0.2, 0) is 6.54 Å². The van der Waals surface area contributed by atoms with Crippen molar-refractivity contribution in [2.45, 2.75) is 6.54 Å². The minimum absolute atomic E-state index is 0.0138. The topological polar surface area (TPSA) is 49.6 Å². The number of furan rings is 1. The second kappa shape index (κ2) is 6.41. The van der Waals surface area contributed by atoms with E-state index in [9.17, 15) is 4.79 Å². The highest BCUT2D eigenvalue weighted by Crippen LogP contribution is 2.17. The molecule has 5 nitrogen and oxygen atoms in total. The van der Waals surface area contributed by atoms with Crippen molar-refractivity contribution >= 4 is 21.8 Å². The van der Waals surface area contributed by atoms with Crippen molar-refractivity contribution in [3.8, 4) is 0 Å². The number of carbonyl (C=O) groups is 1. The van der Waals surface area contributed by atoms with Crippen LogP contribution in [-0.4, -0.2) is 46.9 Å². The van der Waals surface area contributed by atoms with Crippen molar-refractivity contribution in [1.82, 2.24) is 14.8 Å². The highest BCUT2D eigenvalue weighted by Gasteiger charge is 2.24. The van der Waals surface area contributed by atoms with Gasteiger partial charge in [0.1, 0.15) is 11.5 Å². The van der Waals surface area contributed by atoms with Crippen LogP contribution in [0.25, 0.3) is 0 Å². The standard InChI is InChI=1S/C15H16BrN3O2/c16-13-4-1-5-17-14(13)15(20)19-8-6-18(7-9-19)11-12-3-2-10-21-12/h1-5,10H,6-9,11H2. The third-order valence-corrected chi connectivity index (χ3v) is 4.22. The van der Waals surface area contributed by atoms with E-state index in [0.29, 0.717) is 18.8 Å². The van der Waals surface area contributed by atoms with Gasteiger partial charge in [-0.1, -0.05) is 0 Å². The molecule has 2 aromatic heterocycles. The number of amides is 1. The molecule has 0 aromatic carbocycles. The predicted octanol–water partition coefficient (Wildman–Crippen LogP) is 2.40. The average Bonchev–Trinajstić information content (AvgIpc) is 3.01. The lowest BCUT2D eigenvalue weighted by Crippen LogP contribution is -2.48. The molecule has 1 amide bonds. The lowest BCUT2D eigenvalue weighted by atomic mass is 10.2. The first-order valence-electron chi connectivity index (χ1n) is 6.88. The van der Waals surface area contributed by atoms with Gasteiger partial charge in [-0.3, -0.25) is 9.69 Å². The molecule has 0 radical (unpaired) electrons. The minimum Gasteiger partial charge on any atom is -0.468 e. The lowest BCUT2D eigenvalue weighted by molar-refractivity contribution is 0.0613. The summed E-state index contributed by atoms with van der Waals surface area (Å²) in [6, 6.07) is 7.52. The normalized spacial score (nSPS) is 16.1. The second-order valence-electron chi connectivity index (χ2n) is 4.98. The highest BCUT2D eigenvalue weighted by atomic mass is 79.9. The maximum atomic E-state index is 12.4. The van der Waals surface area contributed by atoms with Crippen molar-refractivity contribution in [3.05, 3.63) is 52.7 Å². The van der Waals surface area contributed by atoms with E-state index < -0.39 is 0 Å². The van der Waals surface area contributed by atoms with Crippen LogP contribution in [0.15, 0.2) is 45.6 Å². The molecule has 0 spiro atoms. The van der Waals surface area contributed by atoms with Crippen LogP contribution in [0.4, 0.5) is 0 Å². The summed E-state index contributed by atoms with van der Waals surface area (Å²) in [6.07, 6.45) is 3.33. The Labute approximate surface area is 131 Å². The van der Waals surface area contributed by atoms with Gasteiger partial charge in [0.15, 0.2) is 0 Å². The monoisotopic (exact) mass is 349 g/mol. The summed E-state index contributed by atoms with van der Waals surface area (Å²) in [5, 5.41) is 0. The summed E-state index contributed by atoms with van der Waals surface area (Å²) < 4.78 is 6.10. The number of piperazine rings is 1. The molecule has 21 heavy (non-hydrogen) atoms. The molecule has 1 aliphatic heterocycles. The molecular weight excluding hydrogens is 334 g/mol. The van der Waals surface area contributed by atoms with Crippen LogP contribution in [0.5, 0.6) is 0 Å². The number of pyridine rings is 1. The van der Waals surface area contributed by atoms with Crippen LogP contribution in [0.2, 0.25) is 0 Å². The third kappa shape index (κ3) is 3.33. The zero-order valence-electron chi connectivity index (χ0n) is 11.5. The Bertz CT molecular complexity index is 607. The van der Waals surface area contributed by atoms with E-state index in [1.807, 2.05) is 29.2 Å². The van der Waals surface area contributed by atoms with Crippen molar-refractivity contribution in [3.63, 3.8) is 0 Å². The predicted molar refractivity (Wildman–Crippen MR) is 81.8 cm³/mol. The number of carbonyl (C=O) groups excluding carboxylic acids is 1. The number of aromatic nitrogens is 1. The first-order valence-corrected chi connectivity index (χ1v) is 7.68. The molecule has 6 heteroatoms. The van der Waals surface area contributed by atoms with Crippen LogP contribution >= 0.6 is 15.9 Å². The largest absolute Gasteiger partial charge is 0.468 e. The van der Waals surface area contributed by atoms with Gasteiger partial charge in [-0.15, -0.1) is 0 Å². The van der Waals surface area contributed by atoms with Crippen LogP contribution < -0.4 is 0 Å². The highest BCUT2D eigenvalue weighted by molar-refractivity contribution is 9.10. The molecular formula is C15H16BrN3O2. The number of hydrogen-bond donors (Lipinski definition) is 0. The Balaban J connectivity index is 1.58. The van der Waals surface area contributed by atoms with Gasteiger partial charge in [-0.25, -0.2) is 4.98 Å². The zero-order valence-corrected chi connectivity index (χ0v) is 13.1. The molecule has 110 valence electrons. The molecule has 1 aliphatic rings. The lowest BCUT2D eigenvalue weighted by Gasteiger charge is -2.34. The number of nitrogens with zero attached hydrogens (tertiary/aromatic N) is 3. The van der Waals surface area contributed by atoms with Gasteiger partial charge in [0, 0.05) is 36.8 Å². The van der Waals surface area contributed by atoms with Crippen molar-refractivity contribution in [2.24, 2.45) is 0 Å². The van der Waals surface area contributed by atoms with E-state index in [4.69, 9.17) is 4.42 Å². The Kier molecular flexibility index (Phi) is 4.36. The molecule has 0 atom stereocenters. The van der Waals surface area contributed by atoms with Gasteiger partial charge in [-0.05, 0) is 40.2 Å². The molecule has 3 heterocycles. The molecule has 3 rings (SSSR count). The summed E-state index contributed by atoms with van der Waals surface area (Å²) in [5.41, 5.74) is 0.483.